The van der Waals surface area contributed by atoms with Crippen molar-refractivity contribution in [2.24, 2.45) is 5.92 Å². The summed E-state index contributed by atoms with van der Waals surface area (Å²) in [7, 11) is 0. The molecular formula is C16H22N2O2. The molecule has 1 saturated heterocycles. The fraction of sp³-hybridized carbons (Fsp3) is 0.562. The maximum absolute atomic E-state index is 10.7. The van der Waals surface area contributed by atoms with Crippen LogP contribution in [-0.4, -0.2) is 25.7 Å². The van der Waals surface area contributed by atoms with Gasteiger partial charge in [-0.3, -0.25) is 0 Å². The molecule has 1 fully saturated rings. The minimum Gasteiger partial charge on any atom is -0.386 e. The fourth-order valence-electron chi connectivity index (χ4n) is 3.40. The molecule has 0 aliphatic carbocycles. The largest absolute Gasteiger partial charge is 0.386 e. The maximum atomic E-state index is 10.7. The number of fused-ring (bicyclic) bond motifs is 1. The minimum atomic E-state index is -0.605. The molecule has 2 unspecified atom stereocenters. The lowest BCUT2D eigenvalue weighted by Crippen LogP contribution is -2.32. The summed E-state index contributed by atoms with van der Waals surface area (Å²) >= 11 is 0. The lowest BCUT2D eigenvalue weighted by Gasteiger charge is -2.29. The Morgan fingerprint density at radius 1 is 1.35 bits per heavy atom. The van der Waals surface area contributed by atoms with Crippen LogP contribution in [0.1, 0.15) is 45.9 Å². The molecule has 1 aliphatic rings. The third kappa shape index (κ3) is 2.23. The summed E-state index contributed by atoms with van der Waals surface area (Å²) in [6, 6.07) is 5.84. The van der Waals surface area contributed by atoms with Crippen LogP contribution in [0, 0.1) is 5.92 Å². The first-order chi connectivity index (χ1) is 9.28. The fourth-order valence-corrected chi connectivity index (χ4v) is 3.40. The van der Waals surface area contributed by atoms with E-state index in [9.17, 15) is 5.11 Å². The van der Waals surface area contributed by atoms with Crippen LogP contribution in [0.2, 0.25) is 0 Å². The highest BCUT2D eigenvalue weighted by molar-refractivity contribution is 5.40. The maximum Gasteiger partial charge on any atom is 0.137 e. The molecule has 20 heavy (non-hydrogen) atoms. The van der Waals surface area contributed by atoms with Crippen LogP contribution in [0.15, 0.2) is 30.6 Å². The van der Waals surface area contributed by atoms with Gasteiger partial charge in [0.2, 0.25) is 0 Å². The Kier molecular flexibility index (Phi) is 2.92. The van der Waals surface area contributed by atoms with Crippen LogP contribution in [0.5, 0.6) is 0 Å². The molecule has 3 rings (SSSR count). The summed E-state index contributed by atoms with van der Waals surface area (Å²) < 4.78 is 8.01. The number of aliphatic hydroxyl groups excluding tert-OH is 1. The standard InChI is InChI=1S/C16H22N2O2/c1-15(2)9-11(16(3,4)20-15)14(19)12-10-18-8-6-5-7-13(18)17-12/h5-8,10-11,14,19H,9H2,1-4H3. The second-order valence-electron chi connectivity index (χ2n) is 6.85. The zero-order valence-electron chi connectivity index (χ0n) is 12.5. The van der Waals surface area contributed by atoms with E-state index in [4.69, 9.17) is 4.74 Å². The number of nitrogens with zero attached hydrogens (tertiary/aromatic N) is 2. The average molecular weight is 274 g/mol. The smallest absolute Gasteiger partial charge is 0.137 e. The van der Waals surface area contributed by atoms with E-state index in [1.54, 1.807) is 0 Å². The second kappa shape index (κ2) is 4.30. The molecule has 3 heterocycles. The van der Waals surface area contributed by atoms with Gasteiger partial charge in [-0.1, -0.05) is 6.07 Å². The van der Waals surface area contributed by atoms with E-state index in [0.29, 0.717) is 0 Å². The number of hydrogen-bond donors (Lipinski definition) is 1. The Bertz CT molecular complexity index is 597. The van der Waals surface area contributed by atoms with E-state index < -0.39 is 6.10 Å². The highest BCUT2D eigenvalue weighted by Gasteiger charge is 2.49. The predicted octanol–water partition coefficient (Wildman–Crippen LogP) is 2.96. The quantitative estimate of drug-likeness (QED) is 0.916. The molecule has 2 aromatic rings. The molecule has 4 nitrogen and oxygen atoms in total. The molecule has 1 aliphatic heterocycles. The molecule has 4 heteroatoms. The first-order valence-corrected chi connectivity index (χ1v) is 7.10. The summed E-state index contributed by atoms with van der Waals surface area (Å²) in [5, 5.41) is 10.7. The third-order valence-corrected chi connectivity index (χ3v) is 4.21. The van der Waals surface area contributed by atoms with Gasteiger partial charge in [-0.05, 0) is 46.2 Å². The van der Waals surface area contributed by atoms with Crippen molar-refractivity contribution in [3.8, 4) is 0 Å². The highest BCUT2D eigenvalue weighted by atomic mass is 16.5. The zero-order chi connectivity index (χ0) is 14.5. The predicted molar refractivity (Wildman–Crippen MR) is 77.5 cm³/mol. The van der Waals surface area contributed by atoms with Gasteiger partial charge in [0.05, 0.1) is 16.9 Å². The van der Waals surface area contributed by atoms with Gasteiger partial charge in [0.1, 0.15) is 11.8 Å². The van der Waals surface area contributed by atoms with Crippen molar-refractivity contribution < 1.29 is 9.84 Å². The van der Waals surface area contributed by atoms with Crippen LogP contribution in [-0.2, 0) is 4.74 Å². The van der Waals surface area contributed by atoms with E-state index in [-0.39, 0.29) is 17.1 Å². The topological polar surface area (TPSA) is 46.8 Å². The molecule has 0 aromatic carbocycles. The van der Waals surface area contributed by atoms with Crippen LogP contribution in [0.4, 0.5) is 0 Å². The molecule has 0 spiro atoms. The van der Waals surface area contributed by atoms with Crippen molar-refractivity contribution in [2.75, 3.05) is 0 Å². The van der Waals surface area contributed by atoms with E-state index in [0.717, 1.165) is 17.8 Å². The second-order valence-corrected chi connectivity index (χ2v) is 6.85. The number of rotatable bonds is 2. The molecule has 1 N–H and O–H groups in total. The number of aliphatic hydroxyl groups is 1. The summed E-state index contributed by atoms with van der Waals surface area (Å²) in [4.78, 5) is 4.53. The van der Waals surface area contributed by atoms with Crippen LogP contribution in [0.25, 0.3) is 5.65 Å². The van der Waals surface area contributed by atoms with Crippen molar-refractivity contribution in [3.63, 3.8) is 0 Å². The van der Waals surface area contributed by atoms with Gasteiger partial charge in [-0.2, -0.15) is 0 Å². The van der Waals surface area contributed by atoms with Gasteiger partial charge in [0.15, 0.2) is 0 Å². The molecule has 0 saturated carbocycles. The Morgan fingerprint density at radius 3 is 2.70 bits per heavy atom. The Morgan fingerprint density at radius 2 is 2.10 bits per heavy atom. The number of pyridine rings is 1. The Hall–Kier alpha value is -1.39. The number of imidazole rings is 1. The molecular weight excluding hydrogens is 252 g/mol. The number of hydrogen-bond acceptors (Lipinski definition) is 3. The highest BCUT2D eigenvalue weighted by Crippen LogP contribution is 2.47. The Labute approximate surface area is 119 Å². The molecule has 2 atom stereocenters. The Balaban J connectivity index is 1.94. The number of ether oxygens (including phenoxy) is 1. The zero-order valence-corrected chi connectivity index (χ0v) is 12.5. The monoisotopic (exact) mass is 274 g/mol. The summed E-state index contributed by atoms with van der Waals surface area (Å²) in [6.45, 7) is 8.24. The molecule has 0 bridgehead atoms. The molecule has 108 valence electrons. The van der Waals surface area contributed by atoms with Crippen molar-refractivity contribution in [3.05, 3.63) is 36.3 Å². The lowest BCUT2D eigenvalue weighted by molar-refractivity contribution is -0.0883. The van der Waals surface area contributed by atoms with Gasteiger partial charge in [-0.15, -0.1) is 0 Å². The summed E-state index contributed by atoms with van der Waals surface area (Å²) in [5.41, 5.74) is 1.03. The van der Waals surface area contributed by atoms with Crippen LogP contribution < -0.4 is 0 Å². The van der Waals surface area contributed by atoms with Crippen LogP contribution >= 0.6 is 0 Å². The van der Waals surface area contributed by atoms with Gasteiger partial charge in [-0.25, -0.2) is 4.98 Å². The van der Waals surface area contributed by atoms with Crippen molar-refractivity contribution in [1.82, 2.24) is 9.38 Å². The van der Waals surface area contributed by atoms with E-state index in [1.165, 1.54) is 0 Å². The SMILES string of the molecule is CC1(C)CC(C(O)c2cn3ccccc3n2)C(C)(C)O1. The van der Waals surface area contributed by atoms with Crippen molar-refractivity contribution >= 4 is 5.65 Å². The van der Waals surface area contributed by atoms with Gasteiger partial charge in [0, 0.05) is 18.3 Å². The van der Waals surface area contributed by atoms with Crippen LogP contribution in [0.3, 0.4) is 0 Å². The third-order valence-electron chi connectivity index (χ3n) is 4.21. The van der Waals surface area contributed by atoms with Gasteiger partial charge >= 0.3 is 0 Å². The van der Waals surface area contributed by atoms with E-state index in [1.807, 2.05) is 48.8 Å². The van der Waals surface area contributed by atoms with E-state index in [2.05, 4.69) is 18.8 Å². The first kappa shape index (κ1) is 13.6. The number of aromatic nitrogens is 2. The molecule has 2 aromatic heterocycles. The average Bonchev–Trinajstić information content (AvgIpc) is 2.85. The van der Waals surface area contributed by atoms with Crippen molar-refractivity contribution in [1.29, 1.82) is 0 Å². The van der Waals surface area contributed by atoms with Gasteiger partial charge < -0.3 is 14.2 Å². The van der Waals surface area contributed by atoms with Crippen molar-refractivity contribution in [2.45, 2.75) is 51.4 Å². The molecule has 0 amide bonds. The molecule has 0 radical (unpaired) electrons. The van der Waals surface area contributed by atoms with E-state index >= 15 is 0 Å². The summed E-state index contributed by atoms with van der Waals surface area (Å²) in [5.74, 6) is 0.0439. The normalized spacial score (nSPS) is 25.9. The van der Waals surface area contributed by atoms with Gasteiger partial charge in [0.25, 0.3) is 0 Å². The lowest BCUT2D eigenvalue weighted by atomic mass is 9.82. The first-order valence-electron chi connectivity index (χ1n) is 7.10. The minimum absolute atomic E-state index is 0.0439. The summed E-state index contributed by atoms with van der Waals surface area (Å²) in [6.07, 6.45) is 4.07.